The average molecular weight is 459 g/mol. The number of fused-ring (bicyclic) bond motifs is 2. The zero-order valence-electron chi connectivity index (χ0n) is 22.4. The smallest absolute Gasteiger partial charge is 0.130 e. The van der Waals surface area contributed by atoms with Crippen LogP contribution in [-0.4, -0.2) is 33.6 Å². The van der Waals surface area contributed by atoms with Crippen LogP contribution in [0.15, 0.2) is 12.2 Å². The van der Waals surface area contributed by atoms with Crippen molar-refractivity contribution in [3.63, 3.8) is 0 Å². The van der Waals surface area contributed by atoms with Gasteiger partial charge in [0.2, 0.25) is 0 Å². The number of allylic oxidation sites excluding steroid dienone is 1. The maximum absolute atomic E-state index is 11.8. The van der Waals surface area contributed by atoms with Crippen LogP contribution in [0.2, 0.25) is 0 Å². The molecular weight excluding hydrogens is 408 g/mol. The highest BCUT2D eigenvalue weighted by atomic mass is 16.6. The van der Waals surface area contributed by atoms with Crippen LogP contribution in [0.4, 0.5) is 0 Å². The standard InChI is InChI=1S/C30H50O3/c1-18(2)19(3)9-10-20(4)22-11-14-28(8)26(22,6)15-16-29-27(7)13-12-24(31)21(5)23(27)17-25(32)30(28,29)33-29/h18,20-25,31-32H,3,9-17H2,1-2,4-8H3/t20-,21+,22-,23+,24+,25+,26-,27+,28-,29-,30-/m1/s1. The Morgan fingerprint density at radius 3 is 2.36 bits per heavy atom. The van der Waals surface area contributed by atoms with Crippen molar-refractivity contribution >= 4 is 0 Å². The van der Waals surface area contributed by atoms with E-state index in [1.807, 2.05) is 0 Å². The van der Waals surface area contributed by atoms with Gasteiger partial charge in [0, 0.05) is 10.8 Å². The topological polar surface area (TPSA) is 53.0 Å². The Balaban J connectivity index is 1.45. The second kappa shape index (κ2) is 7.32. The molecule has 0 unspecified atom stereocenters. The highest BCUT2D eigenvalue weighted by Crippen LogP contribution is 2.85. The van der Waals surface area contributed by atoms with Gasteiger partial charge in [0.1, 0.15) is 11.2 Å². The Bertz CT molecular complexity index is 821. The SMILES string of the molecule is C=C(CC[C@@H](C)[C@H]1CC[C@@]2(C)[C@@]34O[C@]3(CC[C@]12C)[C@@]1(C)CC[C@H](O)[C@@H](C)[C@@H]1C[C@@H]4O)C(C)C. The molecule has 1 heterocycles. The van der Waals surface area contributed by atoms with Gasteiger partial charge in [0.05, 0.1) is 12.2 Å². The molecule has 4 aliphatic carbocycles. The fourth-order valence-electron chi connectivity index (χ4n) is 10.5. The minimum Gasteiger partial charge on any atom is -0.393 e. The predicted octanol–water partition coefficient (Wildman–Crippen LogP) is 6.52. The minimum atomic E-state index is -0.414. The molecule has 3 heteroatoms. The summed E-state index contributed by atoms with van der Waals surface area (Å²) in [5.74, 6) is 2.51. The normalized spacial score (nSPS) is 55.9. The van der Waals surface area contributed by atoms with Gasteiger partial charge in [-0.15, -0.1) is 0 Å². The first-order valence-corrected chi connectivity index (χ1v) is 14.1. The molecule has 5 aliphatic rings. The maximum atomic E-state index is 11.8. The quantitative estimate of drug-likeness (QED) is 0.364. The van der Waals surface area contributed by atoms with Crippen LogP contribution < -0.4 is 0 Å². The summed E-state index contributed by atoms with van der Waals surface area (Å²) in [6, 6.07) is 0. The number of rotatable bonds is 5. The molecular formula is C30H50O3. The van der Waals surface area contributed by atoms with E-state index in [1.165, 1.54) is 31.3 Å². The van der Waals surface area contributed by atoms with E-state index < -0.39 is 11.7 Å². The van der Waals surface area contributed by atoms with E-state index in [1.54, 1.807) is 0 Å². The molecule has 0 aromatic heterocycles. The summed E-state index contributed by atoms with van der Waals surface area (Å²) in [6.07, 6.45) is 9.11. The van der Waals surface area contributed by atoms with Gasteiger partial charge in [-0.1, -0.05) is 60.6 Å². The Kier molecular flexibility index (Phi) is 5.40. The van der Waals surface area contributed by atoms with Crippen molar-refractivity contribution < 1.29 is 14.9 Å². The summed E-state index contributed by atoms with van der Waals surface area (Å²) < 4.78 is 7.08. The molecule has 188 valence electrons. The van der Waals surface area contributed by atoms with Gasteiger partial charge in [-0.05, 0) is 92.8 Å². The van der Waals surface area contributed by atoms with Crippen molar-refractivity contribution in [1.29, 1.82) is 0 Å². The Morgan fingerprint density at radius 2 is 1.70 bits per heavy atom. The van der Waals surface area contributed by atoms with Crippen molar-refractivity contribution in [2.45, 2.75) is 130 Å². The number of hydrogen-bond acceptors (Lipinski definition) is 3. The molecule has 0 amide bonds. The average Bonchev–Trinajstić information content (AvgIpc) is 3.42. The van der Waals surface area contributed by atoms with E-state index in [9.17, 15) is 10.2 Å². The lowest BCUT2D eigenvalue weighted by Gasteiger charge is -2.63. The monoisotopic (exact) mass is 458 g/mol. The van der Waals surface area contributed by atoms with Gasteiger partial charge in [-0.2, -0.15) is 0 Å². The largest absolute Gasteiger partial charge is 0.393 e. The third-order valence-corrected chi connectivity index (χ3v) is 13.1. The fraction of sp³-hybridized carbons (Fsp3) is 0.933. The van der Waals surface area contributed by atoms with Crippen LogP contribution in [-0.2, 0) is 4.74 Å². The first kappa shape index (κ1) is 24.3. The molecule has 0 radical (unpaired) electrons. The first-order chi connectivity index (χ1) is 15.3. The highest BCUT2D eigenvalue weighted by molar-refractivity contribution is 5.39. The third kappa shape index (κ3) is 2.69. The Hall–Kier alpha value is -0.380. The Morgan fingerprint density at radius 1 is 1.00 bits per heavy atom. The number of aliphatic hydroxyl groups excluding tert-OH is 2. The van der Waals surface area contributed by atoms with E-state index >= 15 is 0 Å². The molecule has 0 aromatic rings. The molecule has 3 nitrogen and oxygen atoms in total. The Labute approximate surface area is 202 Å². The summed E-state index contributed by atoms with van der Waals surface area (Å²) in [4.78, 5) is 0. The van der Waals surface area contributed by atoms with Crippen LogP contribution in [0.5, 0.6) is 0 Å². The number of epoxide rings is 1. The molecule has 5 rings (SSSR count). The lowest BCUT2D eigenvalue weighted by atomic mass is 9.39. The van der Waals surface area contributed by atoms with Crippen LogP contribution in [0.25, 0.3) is 0 Å². The lowest BCUT2D eigenvalue weighted by molar-refractivity contribution is -0.162. The molecule has 11 atom stereocenters. The van der Waals surface area contributed by atoms with E-state index in [-0.39, 0.29) is 33.9 Å². The molecule has 5 fully saturated rings. The second-order valence-electron chi connectivity index (χ2n) is 14.1. The predicted molar refractivity (Wildman–Crippen MR) is 134 cm³/mol. The summed E-state index contributed by atoms with van der Waals surface area (Å²) in [7, 11) is 0. The molecule has 1 saturated heterocycles. The fourth-order valence-corrected chi connectivity index (χ4v) is 10.5. The van der Waals surface area contributed by atoms with Gasteiger partial charge in [0.25, 0.3) is 0 Å². The van der Waals surface area contributed by atoms with E-state index in [0.29, 0.717) is 23.7 Å². The van der Waals surface area contributed by atoms with Crippen LogP contribution in [0, 0.1) is 45.8 Å². The van der Waals surface area contributed by atoms with E-state index in [2.05, 4.69) is 55.0 Å². The lowest BCUT2D eigenvalue weighted by Crippen LogP contribution is -2.69. The number of aliphatic hydroxyl groups is 2. The highest BCUT2D eigenvalue weighted by Gasteiger charge is 2.92. The molecule has 4 saturated carbocycles. The molecule has 0 bridgehead atoms. The van der Waals surface area contributed by atoms with Crippen molar-refractivity contribution in [1.82, 2.24) is 0 Å². The van der Waals surface area contributed by atoms with Crippen molar-refractivity contribution in [3.05, 3.63) is 12.2 Å². The van der Waals surface area contributed by atoms with Gasteiger partial charge in [0.15, 0.2) is 0 Å². The van der Waals surface area contributed by atoms with Gasteiger partial charge in [-0.3, -0.25) is 0 Å². The van der Waals surface area contributed by atoms with Crippen LogP contribution >= 0.6 is 0 Å². The van der Waals surface area contributed by atoms with Gasteiger partial charge < -0.3 is 14.9 Å². The summed E-state index contributed by atoms with van der Waals surface area (Å²) in [5, 5.41) is 22.5. The summed E-state index contributed by atoms with van der Waals surface area (Å²) >= 11 is 0. The number of ether oxygens (including phenoxy) is 1. The maximum Gasteiger partial charge on any atom is 0.130 e. The molecule has 1 aliphatic heterocycles. The van der Waals surface area contributed by atoms with Crippen molar-refractivity contribution in [2.75, 3.05) is 0 Å². The van der Waals surface area contributed by atoms with E-state index in [4.69, 9.17) is 4.74 Å². The summed E-state index contributed by atoms with van der Waals surface area (Å²) in [6.45, 7) is 21.0. The van der Waals surface area contributed by atoms with E-state index in [0.717, 1.165) is 32.1 Å². The molecule has 33 heavy (non-hydrogen) atoms. The second-order valence-corrected chi connectivity index (χ2v) is 14.1. The summed E-state index contributed by atoms with van der Waals surface area (Å²) in [5.41, 5.74) is 1.07. The van der Waals surface area contributed by atoms with Gasteiger partial charge >= 0.3 is 0 Å². The van der Waals surface area contributed by atoms with Gasteiger partial charge in [-0.25, -0.2) is 0 Å². The zero-order chi connectivity index (χ0) is 24.2. The molecule has 0 aromatic carbocycles. The van der Waals surface area contributed by atoms with Crippen molar-refractivity contribution in [2.24, 2.45) is 45.8 Å². The zero-order valence-corrected chi connectivity index (χ0v) is 22.4. The third-order valence-electron chi connectivity index (χ3n) is 13.1. The molecule has 2 N–H and O–H groups in total. The number of hydrogen-bond donors (Lipinski definition) is 2. The molecule has 0 spiro atoms. The van der Waals surface area contributed by atoms with Crippen LogP contribution in [0.3, 0.4) is 0 Å². The first-order valence-electron chi connectivity index (χ1n) is 14.1. The van der Waals surface area contributed by atoms with Crippen LogP contribution in [0.1, 0.15) is 106 Å². The minimum absolute atomic E-state index is 0.0128. The van der Waals surface area contributed by atoms with Crippen molar-refractivity contribution in [3.8, 4) is 0 Å².